The van der Waals surface area contributed by atoms with Crippen molar-refractivity contribution in [3.63, 3.8) is 0 Å². The summed E-state index contributed by atoms with van der Waals surface area (Å²) >= 11 is 10.3. The van der Waals surface area contributed by atoms with E-state index in [0.29, 0.717) is 33.9 Å². The molecule has 0 unspecified atom stereocenters. The lowest BCUT2D eigenvalue weighted by Gasteiger charge is -2.14. The second-order valence-electron chi connectivity index (χ2n) is 6.21. The van der Waals surface area contributed by atoms with Crippen LogP contribution in [0.2, 0.25) is 0 Å². The monoisotopic (exact) mass is 477 g/mol. The fraction of sp³-hybridized carbons (Fsp3) is 0.238. The topological polar surface area (TPSA) is 38.8 Å². The molecular weight excluding hydrogens is 458 g/mol. The Kier molecular flexibility index (Phi) is 6.80. The number of carbonyl (C=O) groups is 1. The minimum Gasteiger partial charge on any atom is -0.493 e. The van der Waals surface area contributed by atoms with Crippen molar-refractivity contribution in [3.05, 3.63) is 62.5 Å². The molecule has 0 bridgehead atoms. The molecule has 0 aliphatic carbocycles. The lowest BCUT2D eigenvalue weighted by Crippen LogP contribution is -2.27. The predicted octanol–water partition coefficient (Wildman–Crippen LogP) is 5.57. The fourth-order valence-electron chi connectivity index (χ4n) is 2.74. The van der Waals surface area contributed by atoms with E-state index in [4.69, 9.17) is 21.7 Å². The van der Waals surface area contributed by atoms with Gasteiger partial charge in [-0.15, -0.1) is 0 Å². The summed E-state index contributed by atoms with van der Waals surface area (Å²) < 4.78 is 12.4. The largest absolute Gasteiger partial charge is 0.493 e. The van der Waals surface area contributed by atoms with Crippen molar-refractivity contribution in [1.82, 2.24) is 4.90 Å². The molecule has 1 aliphatic rings. The molecule has 7 heteroatoms. The zero-order valence-corrected chi connectivity index (χ0v) is 19.0. The Morgan fingerprint density at radius 2 is 1.93 bits per heavy atom. The van der Waals surface area contributed by atoms with Crippen molar-refractivity contribution in [2.24, 2.45) is 0 Å². The Labute approximate surface area is 183 Å². The van der Waals surface area contributed by atoms with Gasteiger partial charge in [-0.25, -0.2) is 0 Å². The number of thioether (sulfide) groups is 1. The van der Waals surface area contributed by atoms with Gasteiger partial charge in [-0.05, 0) is 43.2 Å². The minimum atomic E-state index is -0.0877. The molecule has 28 heavy (non-hydrogen) atoms. The summed E-state index contributed by atoms with van der Waals surface area (Å²) in [5.41, 5.74) is 3.06. The molecule has 0 N–H and O–H groups in total. The summed E-state index contributed by atoms with van der Waals surface area (Å²) in [4.78, 5) is 15.1. The number of carbonyl (C=O) groups excluding carboxylic acids is 1. The van der Waals surface area contributed by atoms with E-state index in [1.807, 2.05) is 56.3 Å². The Morgan fingerprint density at radius 1 is 1.21 bits per heavy atom. The van der Waals surface area contributed by atoms with Crippen molar-refractivity contribution in [3.8, 4) is 11.5 Å². The number of halogens is 1. The van der Waals surface area contributed by atoms with E-state index in [1.54, 1.807) is 12.0 Å². The first kappa shape index (κ1) is 20.9. The predicted molar refractivity (Wildman–Crippen MR) is 122 cm³/mol. The highest BCUT2D eigenvalue weighted by Gasteiger charge is 2.32. The van der Waals surface area contributed by atoms with Crippen LogP contribution >= 0.6 is 39.9 Å². The number of rotatable bonds is 6. The van der Waals surface area contributed by atoms with E-state index >= 15 is 0 Å². The number of methoxy groups -OCH3 is 1. The molecule has 0 saturated carbocycles. The van der Waals surface area contributed by atoms with Crippen molar-refractivity contribution < 1.29 is 14.3 Å². The third-order valence-electron chi connectivity index (χ3n) is 4.20. The van der Waals surface area contributed by atoms with Crippen LogP contribution in [0.25, 0.3) is 6.08 Å². The minimum absolute atomic E-state index is 0.0877. The van der Waals surface area contributed by atoms with Gasteiger partial charge in [0.1, 0.15) is 4.32 Å². The summed E-state index contributed by atoms with van der Waals surface area (Å²) in [5.74, 6) is 1.18. The maximum absolute atomic E-state index is 12.9. The molecule has 1 aliphatic heterocycles. The number of amides is 1. The van der Waals surface area contributed by atoms with Gasteiger partial charge in [0.2, 0.25) is 0 Å². The summed E-state index contributed by atoms with van der Waals surface area (Å²) in [6.07, 6.45) is 1.83. The lowest BCUT2D eigenvalue weighted by molar-refractivity contribution is -0.122. The maximum Gasteiger partial charge on any atom is 0.266 e. The van der Waals surface area contributed by atoms with E-state index in [2.05, 4.69) is 15.9 Å². The third-order valence-corrected chi connectivity index (χ3v) is 6.27. The average Bonchev–Trinajstić information content (AvgIpc) is 2.93. The Morgan fingerprint density at radius 3 is 2.57 bits per heavy atom. The Bertz CT molecular complexity index is 941. The van der Waals surface area contributed by atoms with Crippen molar-refractivity contribution in [2.75, 3.05) is 13.7 Å². The number of hydrogen-bond donors (Lipinski definition) is 0. The van der Waals surface area contributed by atoms with Crippen LogP contribution in [0.1, 0.15) is 23.6 Å². The Balaban J connectivity index is 1.86. The summed E-state index contributed by atoms with van der Waals surface area (Å²) in [6, 6.07) is 11.8. The quantitative estimate of drug-likeness (QED) is 0.401. The zero-order chi connectivity index (χ0) is 20.3. The van der Waals surface area contributed by atoms with Crippen LogP contribution in [-0.4, -0.2) is 28.8 Å². The first-order valence-electron chi connectivity index (χ1n) is 8.74. The van der Waals surface area contributed by atoms with Crippen LogP contribution in [-0.2, 0) is 11.3 Å². The Hall–Kier alpha value is -1.83. The summed E-state index contributed by atoms with van der Waals surface area (Å²) in [7, 11) is 1.59. The number of hydrogen-bond acceptors (Lipinski definition) is 5. The number of benzene rings is 2. The highest BCUT2D eigenvalue weighted by Crippen LogP contribution is 2.38. The van der Waals surface area contributed by atoms with Crippen LogP contribution < -0.4 is 9.47 Å². The van der Waals surface area contributed by atoms with Gasteiger partial charge in [0, 0.05) is 4.47 Å². The molecule has 0 atom stereocenters. The van der Waals surface area contributed by atoms with Gasteiger partial charge in [-0.2, -0.15) is 0 Å². The highest BCUT2D eigenvalue weighted by atomic mass is 79.9. The highest BCUT2D eigenvalue weighted by molar-refractivity contribution is 9.10. The van der Waals surface area contributed by atoms with E-state index < -0.39 is 0 Å². The van der Waals surface area contributed by atoms with Gasteiger partial charge in [0.25, 0.3) is 5.91 Å². The molecule has 0 radical (unpaired) electrons. The van der Waals surface area contributed by atoms with E-state index in [-0.39, 0.29) is 5.91 Å². The van der Waals surface area contributed by atoms with E-state index in [0.717, 1.165) is 15.6 Å². The van der Waals surface area contributed by atoms with Gasteiger partial charge in [-0.1, -0.05) is 69.7 Å². The third kappa shape index (κ3) is 4.59. The van der Waals surface area contributed by atoms with Gasteiger partial charge in [0.15, 0.2) is 11.5 Å². The molecule has 146 valence electrons. The molecule has 1 saturated heterocycles. The molecule has 0 aromatic heterocycles. The average molecular weight is 478 g/mol. The number of nitrogens with zero attached hydrogens (tertiary/aromatic N) is 1. The number of ether oxygens (including phenoxy) is 2. The first-order chi connectivity index (χ1) is 13.4. The van der Waals surface area contributed by atoms with E-state index in [1.165, 1.54) is 17.3 Å². The lowest BCUT2D eigenvalue weighted by atomic mass is 10.1. The smallest absolute Gasteiger partial charge is 0.266 e. The van der Waals surface area contributed by atoms with Gasteiger partial charge in [-0.3, -0.25) is 9.69 Å². The second kappa shape index (κ2) is 9.11. The molecule has 1 heterocycles. The fourth-order valence-corrected chi connectivity index (χ4v) is 4.43. The van der Waals surface area contributed by atoms with Crippen LogP contribution in [0.4, 0.5) is 0 Å². The maximum atomic E-state index is 12.9. The normalized spacial score (nSPS) is 15.4. The van der Waals surface area contributed by atoms with Crippen LogP contribution in [0.5, 0.6) is 11.5 Å². The molecule has 2 aromatic rings. The van der Waals surface area contributed by atoms with Crippen LogP contribution in [0.15, 0.2) is 45.8 Å². The molecular formula is C21H20BrNO3S2. The molecule has 1 amide bonds. The zero-order valence-electron chi connectivity index (χ0n) is 15.8. The molecule has 3 rings (SSSR count). The molecule has 2 aromatic carbocycles. The van der Waals surface area contributed by atoms with Crippen LogP contribution in [0.3, 0.4) is 0 Å². The summed E-state index contributed by atoms with van der Waals surface area (Å²) in [5, 5.41) is 0. The van der Waals surface area contributed by atoms with Crippen LogP contribution in [0, 0.1) is 6.92 Å². The number of thiocarbonyl (C=S) groups is 1. The van der Waals surface area contributed by atoms with Gasteiger partial charge in [0.05, 0.1) is 25.2 Å². The van der Waals surface area contributed by atoms with Crippen molar-refractivity contribution in [2.45, 2.75) is 20.4 Å². The second-order valence-corrected chi connectivity index (χ2v) is 8.74. The summed E-state index contributed by atoms with van der Waals surface area (Å²) in [6.45, 7) is 4.96. The van der Waals surface area contributed by atoms with Crippen molar-refractivity contribution in [1.29, 1.82) is 0 Å². The molecule has 0 spiro atoms. The SMILES string of the molecule is CCOc1cc(Br)c(/C=C2\SC(=S)N(Cc3ccc(C)cc3)C2=O)cc1OC. The van der Waals surface area contributed by atoms with Gasteiger partial charge < -0.3 is 9.47 Å². The van der Waals surface area contributed by atoms with Crippen molar-refractivity contribution >= 4 is 56.2 Å². The standard InChI is InChI=1S/C21H20BrNO3S2/c1-4-26-18-11-16(22)15(9-17(18)25-3)10-19-20(24)23(21(27)28-19)12-14-7-5-13(2)6-8-14/h5-11H,4,12H2,1-3H3/b19-10-. The first-order valence-corrected chi connectivity index (χ1v) is 10.8. The number of aryl methyl sites for hydroxylation is 1. The molecule has 1 fully saturated rings. The molecule has 4 nitrogen and oxygen atoms in total. The van der Waals surface area contributed by atoms with Gasteiger partial charge >= 0.3 is 0 Å². The van der Waals surface area contributed by atoms with E-state index in [9.17, 15) is 4.79 Å².